The van der Waals surface area contributed by atoms with Crippen LogP contribution in [0.3, 0.4) is 0 Å². The molecule has 2 aromatic carbocycles. The molecule has 13 nitrogen and oxygen atoms in total. The Morgan fingerprint density at radius 1 is 0.725 bits per heavy atom. The molecule has 0 unspecified atom stereocenters. The van der Waals surface area contributed by atoms with E-state index in [0.29, 0.717) is 5.56 Å². The zero-order chi connectivity index (χ0) is 28.9. The summed E-state index contributed by atoms with van der Waals surface area (Å²) in [5.74, 6) is -0.942. The number of hydrogen-bond donors (Lipinski definition) is 7. The third kappa shape index (κ3) is 4.94. The van der Waals surface area contributed by atoms with Crippen molar-refractivity contribution in [3.05, 3.63) is 64.2 Å². The molecule has 2 heterocycles. The molecule has 3 aliphatic rings. The minimum atomic E-state index is -1.79. The first-order valence-electron chi connectivity index (χ1n) is 12.6. The highest BCUT2D eigenvalue weighted by atomic mass is 16.7. The Hall–Kier alpha value is -2.82. The maximum atomic E-state index is 13.4. The van der Waals surface area contributed by atoms with Crippen LogP contribution < -0.4 is 4.74 Å². The van der Waals surface area contributed by atoms with Crippen molar-refractivity contribution in [1.82, 2.24) is 0 Å². The van der Waals surface area contributed by atoms with Gasteiger partial charge in [-0.15, -0.1) is 0 Å². The number of carbonyl (C=O) groups excluding carboxylic acids is 2. The van der Waals surface area contributed by atoms with Crippen molar-refractivity contribution in [1.29, 1.82) is 0 Å². The van der Waals surface area contributed by atoms with Gasteiger partial charge in [0.15, 0.2) is 17.9 Å². The predicted octanol–water partition coefficient (Wildman–Crippen LogP) is -2.23. The van der Waals surface area contributed by atoms with Crippen molar-refractivity contribution in [2.45, 2.75) is 68.3 Å². The van der Waals surface area contributed by atoms with Crippen LogP contribution in [0.2, 0.25) is 0 Å². The fourth-order valence-corrected chi connectivity index (χ4v) is 5.09. The number of aliphatic hydroxyl groups excluding tert-OH is 7. The second-order valence-corrected chi connectivity index (χ2v) is 10.1. The molecule has 0 amide bonds. The number of rotatable bonds is 6. The van der Waals surface area contributed by atoms with E-state index in [1.54, 1.807) is 31.2 Å². The molecule has 2 fully saturated rings. The molecule has 0 aromatic heterocycles. The molecular formula is C27H30O13. The van der Waals surface area contributed by atoms with E-state index in [9.17, 15) is 45.3 Å². The topological polar surface area (TPSA) is 213 Å². The zero-order valence-electron chi connectivity index (χ0n) is 21.2. The molecule has 13 heteroatoms. The predicted molar refractivity (Wildman–Crippen MR) is 132 cm³/mol. The summed E-state index contributed by atoms with van der Waals surface area (Å²) in [6.07, 6.45) is -16.1. The van der Waals surface area contributed by atoms with Crippen molar-refractivity contribution in [3.63, 3.8) is 0 Å². The number of carbonyl (C=O) groups is 2. The molecule has 0 bridgehead atoms. The lowest BCUT2D eigenvalue weighted by molar-refractivity contribution is -0.323. The summed E-state index contributed by atoms with van der Waals surface area (Å²) >= 11 is 0. The molecule has 0 saturated carbocycles. The Balaban J connectivity index is 1.37. The summed E-state index contributed by atoms with van der Waals surface area (Å²) in [5.41, 5.74) is 1.06. The van der Waals surface area contributed by atoms with Gasteiger partial charge in [-0.25, -0.2) is 0 Å². The van der Waals surface area contributed by atoms with Gasteiger partial charge in [-0.3, -0.25) is 9.59 Å². The van der Waals surface area contributed by atoms with Crippen LogP contribution >= 0.6 is 0 Å². The van der Waals surface area contributed by atoms with E-state index in [1.165, 1.54) is 12.1 Å². The van der Waals surface area contributed by atoms with Gasteiger partial charge in [-0.1, -0.05) is 24.3 Å². The van der Waals surface area contributed by atoms with Gasteiger partial charge in [0.05, 0.1) is 18.8 Å². The van der Waals surface area contributed by atoms with E-state index in [0.717, 1.165) is 0 Å². The molecule has 7 N–H and O–H groups in total. The average molecular weight is 563 g/mol. The third-order valence-electron chi connectivity index (χ3n) is 7.32. The lowest BCUT2D eigenvalue weighted by Gasteiger charge is -2.42. The van der Waals surface area contributed by atoms with Gasteiger partial charge in [0.1, 0.15) is 54.6 Å². The van der Waals surface area contributed by atoms with Gasteiger partial charge in [0.25, 0.3) is 0 Å². The van der Waals surface area contributed by atoms with Crippen LogP contribution in [-0.4, -0.2) is 122 Å². The van der Waals surface area contributed by atoms with Crippen LogP contribution in [0, 0.1) is 6.92 Å². The molecule has 2 saturated heterocycles. The van der Waals surface area contributed by atoms with E-state index in [4.69, 9.17) is 18.9 Å². The first-order valence-corrected chi connectivity index (χ1v) is 12.6. The molecule has 0 spiro atoms. The van der Waals surface area contributed by atoms with Crippen molar-refractivity contribution in [2.75, 3.05) is 13.2 Å². The van der Waals surface area contributed by atoms with Crippen molar-refractivity contribution in [2.24, 2.45) is 0 Å². The molecule has 216 valence electrons. The Morgan fingerprint density at radius 3 is 1.95 bits per heavy atom. The van der Waals surface area contributed by atoms with Gasteiger partial charge in [0.2, 0.25) is 6.29 Å². The van der Waals surface area contributed by atoms with Gasteiger partial charge in [-0.05, 0) is 24.6 Å². The SMILES string of the molecule is Cc1cc(O[C@@H]2O[C@H](CO[C@@H]3O[C@H](CO)[C@@H](O)[C@H](O)[C@H]3O)[C@@H](O)[C@H](O)[C@H]2O)c2c(c1)C(=O)c1ccccc1C2=O. The molecular weight excluding hydrogens is 532 g/mol. The minimum Gasteiger partial charge on any atom is -0.461 e. The smallest absolute Gasteiger partial charge is 0.229 e. The van der Waals surface area contributed by atoms with Crippen molar-refractivity contribution >= 4 is 11.6 Å². The molecule has 2 aliphatic heterocycles. The van der Waals surface area contributed by atoms with Gasteiger partial charge in [-0.2, -0.15) is 0 Å². The second kappa shape index (κ2) is 11.2. The van der Waals surface area contributed by atoms with E-state index >= 15 is 0 Å². The number of benzene rings is 2. The maximum Gasteiger partial charge on any atom is 0.229 e. The third-order valence-corrected chi connectivity index (χ3v) is 7.32. The van der Waals surface area contributed by atoms with Crippen LogP contribution in [0.5, 0.6) is 5.75 Å². The molecule has 5 rings (SSSR count). The summed E-state index contributed by atoms with van der Waals surface area (Å²) < 4.78 is 22.2. The van der Waals surface area contributed by atoms with Crippen LogP contribution in [0.15, 0.2) is 36.4 Å². The molecule has 10 atom stereocenters. The largest absolute Gasteiger partial charge is 0.461 e. The fourth-order valence-electron chi connectivity index (χ4n) is 5.09. The van der Waals surface area contributed by atoms with Crippen LogP contribution in [0.25, 0.3) is 0 Å². The zero-order valence-corrected chi connectivity index (χ0v) is 21.2. The minimum absolute atomic E-state index is 0.0418. The average Bonchev–Trinajstić information content (AvgIpc) is 2.95. The van der Waals surface area contributed by atoms with Crippen LogP contribution in [0.1, 0.15) is 37.4 Å². The Labute approximate surface area is 227 Å². The Kier molecular flexibility index (Phi) is 8.05. The van der Waals surface area contributed by atoms with Crippen molar-refractivity contribution < 1.29 is 64.3 Å². The van der Waals surface area contributed by atoms with E-state index in [1.807, 2.05) is 0 Å². The number of ketones is 2. The normalized spacial score (nSPS) is 35.7. The number of fused-ring (bicyclic) bond motifs is 2. The van der Waals surface area contributed by atoms with Gasteiger partial charge in [0, 0.05) is 16.7 Å². The van der Waals surface area contributed by atoms with Crippen LogP contribution in [0.4, 0.5) is 0 Å². The number of aryl methyl sites for hydroxylation is 1. The molecule has 40 heavy (non-hydrogen) atoms. The Morgan fingerprint density at radius 2 is 1.30 bits per heavy atom. The summed E-state index contributed by atoms with van der Waals surface area (Å²) in [6.45, 7) is 0.449. The van der Waals surface area contributed by atoms with Crippen molar-refractivity contribution in [3.8, 4) is 5.75 Å². The lowest BCUT2D eigenvalue weighted by atomic mass is 9.83. The van der Waals surface area contributed by atoms with Gasteiger partial charge >= 0.3 is 0 Å². The molecule has 2 aromatic rings. The molecule has 0 radical (unpaired) electrons. The fraction of sp³-hybridized carbons (Fsp3) is 0.481. The van der Waals surface area contributed by atoms with Gasteiger partial charge < -0.3 is 54.7 Å². The first-order chi connectivity index (χ1) is 19.0. The highest BCUT2D eigenvalue weighted by Gasteiger charge is 2.48. The standard InChI is InChI=1S/C27H30O13/c1-10-6-13-17(19(30)12-5-3-2-4-11(12)18(13)29)14(7-10)38-27-25(36)23(34)21(32)16(40-27)9-37-26-24(35)22(33)20(31)15(8-28)39-26/h2-7,15-16,20-28,31-36H,8-9H2,1H3/t15-,16-,20-,21-,22+,23+,24-,25-,26-,27-/m1/s1. The van der Waals surface area contributed by atoms with E-state index in [2.05, 4.69) is 0 Å². The quantitative estimate of drug-likeness (QED) is 0.170. The summed E-state index contributed by atoms with van der Waals surface area (Å²) in [5, 5.41) is 71.1. The number of hydrogen-bond acceptors (Lipinski definition) is 13. The second-order valence-electron chi connectivity index (χ2n) is 10.1. The summed E-state index contributed by atoms with van der Waals surface area (Å²) in [7, 11) is 0. The summed E-state index contributed by atoms with van der Waals surface area (Å²) in [6, 6.07) is 9.36. The van der Waals surface area contributed by atoms with E-state index in [-0.39, 0.29) is 33.8 Å². The molecule has 1 aliphatic carbocycles. The number of ether oxygens (including phenoxy) is 4. The first kappa shape index (κ1) is 28.7. The monoisotopic (exact) mass is 562 g/mol. The Bertz CT molecular complexity index is 1280. The highest BCUT2D eigenvalue weighted by molar-refractivity contribution is 6.29. The summed E-state index contributed by atoms with van der Waals surface area (Å²) in [4.78, 5) is 26.5. The lowest BCUT2D eigenvalue weighted by Crippen LogP contribution is -2.62. The maximum absolute atomic E-state index is 13.4. The highest BCUT2D eigenvalue weighted by Crippen LogP contribution is 2.36. The van der Waals surface area contributed by atoms with E-state index < -0.39 is 80.4 Å². The van der Waals surface area contributed by atoms with Crippen LogP contribution in [-0.2, 0) is 14.2 Å². The number of aliphatic hydroxyl groups is 7.